The van der Waals surface area contributed by atoms with Crippen molar-refractivity contribution < 1.29 is 14.3 Å². The summed E-state index contributed by atoms with van der Waals surface area (Å²) in [6, 6.07) is 5.29. The number of rotatable bonds is 3. The normalized spacial score (nSPS) is 17.7. The number of ether oxygens (including phenoxy) is 2. The Hall–Kier alpha value is -1.75. The molecular formula is C15H22N2O3. The van der Waals surface area contributed by atoms with Crippen LogP contribution < -0.4 is 14.8 Å². The van der Waals surface area contributed by atoms with E-state index in [2.05, 4.69) is 19.2 Å². The van der Waals surface area contributed by atoms with Gasteiger partial charge in [0, 0.05) is 19.6 Å². The highest BCUT2D eigenvalue weighted by molar-refractivity contribution is 5.98. The molecule has 110 valence electrons. The van der Waals surface area contributed by atoms with Gasteiger partial charge in [-0.05, 0) is 32.0 Å². The minimum absolute atomic E-state index is 0.0211. The number of benzene rings is 1. The van der Waals surface area contributed by atoms with Crippen LogP contribution in [0.2, 0.25) is 0 Å². The molecule has 2 rings (SSSR count). The Labute approximate surface area is 119 Å². The Morgan fingerprint density at radius 2 is 2.05 bits per heavy atom. The third-order valence-electron chi connectivity index (χ3n) is 3.68. The zero-order valence-corrected chi connectivity index (χ0v) is 12.5. The van der Waals surface area contributed by atoms with Crippen molar-refractivity contribution in [2.45, 2.75) is 19.4 Å². The summed E-state index contributed by atoms with van der Waals surface area (Å²) in [4.78, 5) is 14.7. The lowest BCUT2D eigenvalue weighted by atomic mass is 9.98. The van der Waals surface area contributed by atoms with Crippen LogP contribution in [-0.2, 0) is 0 Å². The average Bonchev–Trinajstić information content (AvgIpc) is 2.45. The van der Waals surface area contributed by atoms with E-state index < -0.39 is 0 Å². The Balaban J connectivity index is 2.36. The van der Waals surface area contributed by atoms with Crippen LogP contribution >= 0.6 is 0 Å². The molecule has 1 fully saturated rings. The SMILES string of the molecule is COc1ccc(OC)c(C(=O)N2CCNCC2(C)C)c1. The van der Waals surface area contributed by atoms with Gasteiger partial charge in [-0.3, -0.25) is 4.79 Å². The van der Waals surface area contributed by atoms with E-state index in [9.17, 15) is 4.79 Å². The van der Waals surface area contributed by atoms with E-state index in [1.165, 1.54) is 0 Å². The summed E-state index contributed by atoms with van der Waals surface area (Å²) in [7, 11) is 3.16. The maximum atomic E-state index is 12.8. The van der Waals surface area contributed by atoms with Crippen molar-refractivity contribution in [2.24, 2.45) is 0 Å². The van der Waals surface area contributed by atoms with Crippen LogP contribution in [0, 0.1) is 0 Å². The predicted octanol–water partition coefficient (Wildman–Crippen LogP) is 1.53. The number of carbonyl (C=O) groups is 1. The molecular weight excluding hydrogens is 256 g/mol. The highest BCUT2D eigenvalue weighted by Crippen LogP contribution is 2.28. The molecule has 1 amide bonds. The molecule has 20 heavy (non-hydrogen) atoms. The third-order valence-corrected chi connectivity index (χ3v) is 3.68. The van der Waals surface area contributed by atoms with Crippen molar-refractivity contribution in [1.82, 2.24) is 10.2 Å². The first-order valence-electron chi connectivity index (χ1n) is 6.74. The Morgan fingerprint density at radius 1 is 1.30 bits per heavy atom. The van der Waals surface area contributed by atoms with E-state index in [0.29, 0.717) is 23.6 Å². The molecule has 5 nitrogen and oxygen atoms in total. The second-order valence-electron chi connectivity index (χ2n) is 5.51. The van der Waals surface area contributed by atoms with Crippen LogP contribution in [0.15, 0.2) is 18.2 Å². The van der Waals surface area contributed by atoms with Crippen molar-refractivity contribution in [3.63, 3.8) is 0 Å². The summed E-state index contributed by atoms with van der Waals surface area (Å²) in [6.45, 7) is 6.39. The summed E-state index contributed by atoms with van der Waals surface area (Å²) in [5.41, 5.74) is 0.325. The molecule has 1 saturated heterocycles. The lowest BCUT2D eigenvalue weighted by Crippen LogP contribution is -2.59. The number of methoxy groups -OCH3 is 2. The van der Waals surface area contributed by atoms with E-state index >= 15 is 0 Å². The van der Waals surface area contributed by atoms with Gasteiger partial charge in [-0.15, -0.1) is 0 Å². The highest BCUT2D eigenvalue weighted by Gasteiger charge is 2.34. The van der Waals surface area contributed by atoms with Gasteiger partial charge in [0.1, 0.15) is 11.5 Å². The molecule has 0 aromatic heterocycles. The quantitative estimate of drug-likeness (QED) is 0.911. The van der Waals surface area contributed by atoms with Gasteiger partial charge in [0.25, 0.3) is 5.91 Å². The molecule has 1 heterocycles. The Morgan fingerprint density at radius 3 is 2.65 bits per heavy atom. The van der Waals surface area contributed by atoms with Crippen LogP contribution in [0.3, 0.4) is 0 Å². The average molecular weight is 278 g/mol. The monoisotopic (exact) mass is 278 g/mol. The minimum atomic E-state index is -0.219. The lowest BCUT2D eigenvalue weighted by molar-refractivity contribution is 0.0474. The van der Waals surface area contributed by atoms with E-state index in [1.54, 1.807) is 32.4 Å². The van der Waals surface area contributed by atoms with Gasteiger partial charge in [-0.1, -0.05) is 0 Å². The van der Waals surface area contributed by atoms with E-state index in [0.717, 1.165) is 13.1 Å². The fraction of sp³-hybridized carbons (Fsp3) is 0.533. The zero-order valence-electron chi connectivity index (χ0n) is 12.5. The number of amides is 1. The van der Waals surface area contributed by atoms with Crippen molar-refractivity contribution in [3.05, 3.63) is 23.8 Å². The van der Waals surface area contributed by atoms with E-state index in [-0.39, 0.29) is 11.4 Å². The zero-order chi connectivity index (χ0) is 14.8. The summed E-state index contributed by atoms with van der Waals surface area (Å²) >= 11 is 0. The number of hydrogen-bond acceptors (Lipinski definition) is 4. The number of nitrogens with one attached hydrogen (secondary N) is 1. The Kier molecular flexibility index (Phi) is 4.18. The maximum absolute atomic E-state index is 12.8. The molecule has 0 unspecified atom stereocenters. The minimum Gasteiger partial charge on any atom is -0.497 e. The number of hydrogen-bond donors (Lipinski definition) is 1. The number of carbonyl (C=O) groups excluding carboxylic acids is 1. The molecule has 0 radical (unpaired) electrons. The first-order valence-corrected chi connectivity index (χ1v) is 6.74. The third kappa shape index (κ3) is 2.72. The second kappa shape index (κ2) is 5.71. The maximum Gasteiger partial charge on any atom is 0.258 e. The largest absolute Gasteiger partial charge is 0.497 e. The summed E-state index contributed by atoms with van der Waals surface area (Å²) in [6.07, 6.45) is 0. The van der Waals surface area contributed by atoms with Crippen molar-refractivity contribution >= 4 is 5.91 Å². The molecule has 0 spiro atoms. The van der Waals surface area contributed by atoms with Gasteiger partial charge in [0.15, 0.2) is 0 Å². The summed E-state index contributed by atoms with van der Waals surface area (Å²) in [5.74, 6) is 1.21. The van der Waals surface area contributed by atoms with Gasteiger partial charge in [0.2, 0.25) is 0 Å². The van der Waals surface area contributed by atoms with Gasteiger partial charge in [-0.25, -0.2) is 0 Å². The number of piperazine rings is 1. The van der Waals surface area contributed by atoms with Crippen LogP contribution in [0.1, 0.15) is 24.2 Å². The topological polar surface area (TPSA) is 50.8 Å². The van der Waals surface area contributed by atoms with Crippen molar-refractivity contribution in [1.29, 1.82) is 0 Å². The first-order chi connectivity index (χ1) is 9.49. The van der Waals surface area contributed by atoms with E-state index in [1.807, 2.05) is 4.90 Å². The van der Waals surface area contributed by atoms with Crippen LogP contribution in [-0.4, -0.2) is 50.2 Å². The molecule has 5 heteroatoms. The highest BCUT2D eigenvalue weighted by atomic mass is 16.5. The van der Waals surface area contributed by atoms with Crippen molar-refractivity contribution in [2.75, 3.05) is 33.9 Å². The summed E-state index contributed by atoms with van der Waals surface area (Å²) < 4.78 is 10.5. The second-order valence-corrected chi connectivity index (χ2v) is 5.51. The first kappa shape index (κ1) is 14.7. The van der Waals surface area contributed by atoms with Gasteiger partial charge >= 0.3 is 0 Å². The van der Waals surface area contributed by atoms with Gasteiger partial charge in [0.05, 0.1) is 25.3 Å². The molecule has 1 aliphatic heterocycles. The lowest BCUT2D eigenvalue weighted by Gasteiger charge is -2.43. The molecule has 1 aliphatic rings. The fourth-order valence-electron chi connectivity index (χ4n) is 2.49. The molecule has 0 aliphatic carbocycles. The molecule has 0 atom stereocenters. The number of nitrogens with zero attached hydrogens (tertiary/aromatic N) is 1. The van der Waals surface area contributed by atoms with Crippen LogP contribution in [0.25, 0.3) is 0 Å². The van der Waals surface area contributed by atoms with Gasteiger partial charge < -0.3 is 19.7 Å². The molecule has 1 aromatic rings. The summed E-state index contributed by atoms with van der Waals surface area (Å²) in [5, 5.41) is 3.31. The Bertz CT molecular complexity index is 500. The molecule has 1 N–H and O–H groups in total. The molecule has 0 bridgehead atoms. The predicted molar refractivity (Wildman–Crippen MR) is 77.5 cm³/mol. The fourth-order valence-corrected chi connectivity index (χ4v) is 2.49. The molecule has 0 saturated carbocycles. The van der Waals surface area contributed by atoms with E-state index in [4.69, 9.17) is 9.47 Å². The standard InChI is InChI=1S/C15H22N2O3/c1-15(2)10-16-7-8-17(15)14(18)12-9-11(19-3)5-6-13(12)20-4/h5-6,9,16H,7-8,10H2,1-4H3. The smallest absolute Gasteiger partial charge is 0.258 e. The van der Waals surface area contributed by atoms with Crippen molar-refractivity contribution in [3.8, 4) is 11.5 Å². The van der Waals surface area contributed by atoms with Crippen LogP contribution in [0.4, 0.5) is 0 Å². The molecule has 1 aromatic carbocycles. The van der Waals surface area contributed by atoms with Crippen LogP contribution in [0.5, 0.6) is 11.5 Å². The van der Waals surface area contributed by atoms with Gasteiger partial charge in [-0.2, -0.15) is 0 Å².